The standard InChI is InChI=1S/C23H14F6N8.Pt/c1-21(2,14-6-4-8-17(34-14)37-10-9-15(35-37)22(24,25)26)13-5-3-7-16(33-13)36-12-32-18-19(23(27,28)29)30-11-31-20(18)36;/h3-9,11H,1-2H3;/q-2;+2. The van der Waals surface area contributed by atoms with Gasteiger partial charge < -0.3 is 14.2 Å². The third kappa shape index (κ3) is 4.92. The zero-order valence-corrected chi connectivity index (χ0v) is 21.6. The van der Waals surface area contributed by atoms with E-state index in [9.17, 15) is 26.3 Å². The minimum atomic E-state index is -4.73. The molecule has 0 fully saturated rings. The molecule has 5 aromatic heterocycles. The molecular formula is C23H14F6N8Pt. The van der Waals surface area contributed by atoms with E-state index in [1.54, 1.807) is 44.2 Å². The van der Waals surface area contributed by atoms with Gasteiger partial charge in [0.25, 0.3) is 0 Å². The van der Waals surface area contributed by atoms with Gasteiger partial charge in [0.05, 0.1) is 17.3 Å². The molecular weight excluding hydrogens is 697 g/mol. The number of halogens is 6. The first-order valence-corrected chi connectivity index (χ1v) is 10.5. The van der Waals surface area contributed by atoms with Gasteiger partial charge in [-0.15, -0.1) is 6.07 Å². The van der Waals surface area contributed by atoms with Crippen molar-refractivity contribution >= 4 is 11.2 Å². The van der Waals surface area contributed by atoms with Gasteiger partial charge in [-0.1, -0.05) is 30.5 Å². The molecule has 0 radical (unpaired) electrons. The first-order chi connectivity index (χ1) is 17.4. The van der Waals surface area contributed by atoms with E-state index in [1.807, 2.05) is 0 Å². The van der Waals surface area contributed by atoms with Gasteiger partial charge >= 0.3 is 33.4 Å². The second-order valence-corrected chi connectivity index (χ2v) is 8.39. The summed E-state index contributed by atoms with van der Waals surface area (Å²) >= 11 is 0. The van der Waals surface area contributed by atoms with E-state index in [4.69, 9.17) is 0 Å². The summed E-state index contributed by atoms with van der Waals surface area (Å²) in [6.07, 6.45) is -3.67. The van der Waals surface area contributed by atoms with Crippen LogP contribution in [-0.4, -0.2) is 39.3 Å². The van der Waals surface area contributed by atoms with Crippen molar-refractivity contribution in [3.8, 4) is 11.6 Å². The average Bonchev–Trinajstić information content (AvgIpc) is 3.51. The largest absolute Gasteiger partial charge is 2.00 e. The minimum Gasteiger partial charge on any atom is -0.396 e. The Bertz CT molecular complexity index is 1610. The van der Waals surface area contributed by atoms with Gasteiger partial charge in [-0.3, -0.25) is 20.1 Å². The van der Waals surface area contributed by atoms with Crippen molar-refractivity contribution in [1.29, 1.82) is 0 Å². The molecule has 0 aliphatic carbocycles. The summed E-state index contributed by atoms with van der Waals surface area (Å²) in [5.41, 5.74) is -2.84. The maximum absolute atomic E-state index is 13.3. The summed E-state index contributed by atoms with van der Waals surface area (Å²) in [6, 6.07) is 10.4. The minimum absolute atomic E-state index is 0. The predicted molar refractivity (Wildman–Crippen MR) is 116 cm³/mol. The van der Waals surface area contributed by atoms with E-state index in [2.05, 4.69) is 42.5 Å². The van der Waals surface area contributed by atoms with E-state index in [0.717, 1.165) is 17.1 Å². The van der Waals surface area contributed by atoms with Crippen LogP contribution < -0.4 is 0 Å². The first-order valence-electron chi connectivity index (χ1n) is 10.5. The number of imidazole rings is 1. The van der Waals surface area contributed by atoms with Gasteiger partial charge in [0.1, 0.15) is 12.0 Å². The maximum atomic E-state index is 13.3. The Kier molecular flexibility index (Phi) is 6.89. The summed E-state index contributed by atoms with van der Waals surface area (Å²) in [5, 5.41) is 3.50. The fraction of sp³-hybridized carbons (Fsp3) is 0.217. The second-order valence-electron chi connectivity index (χ2n) is 8.39. The molecule has 0 spiro atoms. The second kappa shape index (κ2) is 9.57. The van der Waals surface area contributed by atoms with Gasteiger partial charge in [-0.25, -0.2) is 4.98 Å². The van der Waals surface area contributed by atoms with Gasteiger partial charge in [-0.2, -0.15) is 26.3 Å². The smallest absolute Gasteiger partial charge is 0.396 e. The number of fused-ring (bicyclic) bond motifs is 1. The molecule has 0 saturated heterocycles. The van der Waals surface area contributed by atoms with Crippen LogP contribution in [0.1, 0.15) is 36.6 Å². The van der Waals surface area contributed by atoms with Crippen molar-refractivity contribution in [3.05, 3.63) is 84.1 Å². The van der Waals surface area contributed by atoms with Gasteiger partial charge in [0.2, 0.25) is 0 Å². The molecule has 0 atom stereocenters. The molecule has 0 amide bonds. The Morgan fingerprint density at radius 1 is 0.789 bits per heavy atom. The van der Waals surface area contributed by atoms with Crippen LogP contribution in [0.3, 0.4) is 0 Å². The van der Waals surface area contributed by atoms with Gasteiger partial charge in [0.15, 0.2) is 0 Å². The first kappa shape index (κ1) is 27.4. The van der Waals surface area contributed by atoms with Crippen LogP contribution in [0.4, 0.5) is 26.3 Å². The normalized spacial score (nSPS) is 12.5. The summed E-state index contributed by atoms with van der Waals surface area (Å²) in [5.74, 6) is 0.314. The summed E-state index contributed by atoms with van der Waals surface area (Å²) in [4.78, 5) is 20.0. The number of alkyl halides is 6. The van der Waals surface area contributed by atoms with Crippen LogP contribution in [-0.2, 0) is 38.8 Å². The Morgan fingerprint density at radius 3 is 2.03 bits per heavy atom. The van der Waals surface area contributed by atoms with Gasteiger partial charge in [-0.05, 0) is 26.0 Å². The summed E-state index contributed by atoms with van der Waals surface area (Å²) in [7, 11) is 0. The molecule has 38 heavy (non-hydrogen) atoms. The molecule has 8 nitrogen and oxygen atoms in total. The molecule has 0 aliphatic heterocycles. The third-order valence-electron chi connectivity index (χ3n) is 5.56. The van der Waals surface area contributed by atoms with Crippen LogP contribution in [0.5, 0.6) is 0 Å². The molecule has 0 saturated carbocycles. The van der Waals surface area contributed by atoms with E-state index in [-0.39, 0.29) is 38.3 Å². The zero-order valence-electron chi connectivity index (χ0n) is 19.3. The Hall–Kier alpha value is -3.67. The number of hydrogen-bond donors (Lipinski definition) is 0. The Balaban J connectivity index is 0.00000336. The zero-order chi connectivity index (χ0) is 26.6. The quantitative estimate of drug-likeness (QED) is 0.198. The summed E-state index contributed by atoms with van der Waals surface area (Å²) < 4.78 is 80.9. The van der Waals surface area contributed by atoms with E-state index < -0.39 is 34.7 Å². The fourth-order valence-corrected chi connectivity index (χ4v) is 3.61. The summed E-state index contributed by atoms with van der Waals surface area (Å²) in [6.45, 7) is 3.58. The van der Waals surface area contributed by atoms with Crippen molar-refractivity contribution in [2.45, 2.75) is 31.6 Å². The van der Waals surface area contributed by atoms with Crippen molar-refractivity contribution in [2.75, 3.05) is 0 Å². The molecule has 0 aliphatic rings. The van der Waals surface area contributed by atoms with Crippen LogP contribution >= 0.6 is 0 Å². The van der Waals surface area contributed by atoms with Crippen molar-refractivity contribution < 1.29 is 47.4 Å². The number of nitrogens with zero attached hydrogens (tertiary/aromatic N) is 8. The molecule has 0 N–H and O–H groups in total. The monoisotopic (exact) mass is 711 g/mol. The van der Waals surface area contributed by atoms with Crippen molar-refractivity contribution in [2.24, 2.45) is 0 Å². The van der Waals surface area contributed by atoms with E-state index in [0.29, 0.717) is 11.4 Å². The van der Waals surface area contributed by atoms with Crippen LogP contribution in [0.25, 0.3) is 22.8 Å². The van der Waals surface area contributed by atoms with E-state index >= 15 is 0 Å². The number of hydrogen-bond acceptors (Lipinski definition) is 6. The van der Waals surface area contributed by atoms with Crippen LogP contribution in [0.2, 0.25) is 0 Å². The van der Waals surface area contributed by atoms with Crippen LogP contribution in [0.15, 0.2) is 48.8 Å². The number of pyridine rings is 2. The molecule has 15 heteroatoms. The fourth-order valence-electron chi connectivity index (χ4n) is 3.61. The molecule has 0 aromatic carbocycles. The van der Waals surface area contributed by atoms with Gasteiger partial charge in [0, 0.05) is 34.3 Å². The molecule has 0 unspecified atom stereocenters. The maximum Gasteiger partial charge on any atom is 2.00 e. The Morgan fingerprint density at radius 2 is 1.42 bits per heavy atom. The van der Waals surface area contributed by atoms with Crippen LogP contribution in [0, 0.1) is 12.5 Å². The molecule has 198 valence electrons. The molecule has 0 bridgehead atoms. The van der Waals surface area contributed by atoms with Crippen molar-refractivity contribution in [1.82, 2.24) is 39.3 Å². The number of rotatable bonds is 4. The topological polar surface area (TPSA) is 87.2 Å². The SMILES string of the molecule is CC(C)(c1cccc(-n2[c-]cc(C(F)(F)F)n2)n1)c1cccc(-n2[c-]nc3c(C(F)(F)F)ncnc32)n1.[Pt+2]. The molecule has 5 rings (SSSR count). The average molecular weight is 711 g/mol. The molecule has 5 heterocycles. The number of aromatic nitrogens is 8. The van der Waals surface area contributed by atoms with Crippen molar-refractivity contribution in [3.63, 3.8) is 0 Å². The van der Waals surface area contributed by atoms with E-state index in [1.165, 1.54) is 10.6 Å². The predicted octanol–water partition coefficient (Wildman–Crippen LogP) is 4.75. The molecule has 5 aromatic rings. The Labute approximate surface area is 225 Å². The third-order valence-corrected chi connectivity index (χ3v) is 5.56.